The number of rotatable bonds is 4. The van der Waals surface area contributed by atoms with Crippen molar-refractivity contribution in [2.24, 2.45) is 23.7 Å². The van der Waals surface area contributed by atoms with E-state index in [9.17, 15) is 14.4 Å². The van der Waals surface area contributed by atoms with Crippen LogP contribution in [0.15, 0.2) is 30.4 Å². The Kier molecular flexibility index (Phi) is 4.17. The van der Waals surface area contributed by atoms with E-state index in [1.165, 1.54) is 4.90 Å². The number of likely N-dealkylation sites (tertiary alicyclic amines) is 1. The van der Waals surface area contributed by atoms with E-state index in [1.807, 2.05) is 32.0 Å². The average molecular weight is 352 g/mol. The van der Waals surface area contributed by atoms with Gasteiger partial charge in [-0.1, -0.05) is 29.8 Å². The summed E-state index contributed by atoms with van der Waals surface area (Å²) in [5, 5.41) is 2.88. The topological polar surface area (TPSA) is 66.5 Å². The van der Waals surface area contributed by atoms with Gasteiger partial charge in [0.25, 0.3) is 0 Å². The zero-order valence-electron chi connectivity index (χ0n) is 15.2. The van der Waals surface area contributed by atoms with Crippen LogP contribution in [0.4, 0.5) is 5.69 Å². The molecule has 1 heterocycles. The highest BCUT2D eigenvalue weighted by Crippen LogP contribution is 2.49. The van der Waals surface area contributed by atoms with Gasteiger partial charge in [0.1, 0.15) is 0 Å². The number of benzene rings is 1. The van der Waals surface area contributed by atoms with Crippen LogP contribution in [0.1, 0.15) is 30.4 Å². The minimum Gasteiger partial charge on any atom is -0.326 e. The van der Waals surface area contributed by atoms with E-state index in [0.29, 0.717) is 0 Å². The standard InChI is InChI=1S/C21H24N2O3/c1-12-3-8-16(13(2)11-12)22-17(24)9-10-23-20(25)18-14-4-5-15(7-6-14)19(18)21(23)26/h3-5,8,11,14-15,18-19H,6-7,9-10H2,1-2H3,(H,22,24)/t14-,15-,18-,19-/m0/s1. The summed E-state index contributed by atoms with van der Waals surface area (Å²) in [4.78, 5) is 39.1. The van der Waals surface area contributed by atoms with Crippen LogP contribution in [-0.4, -0.2) is 29.2 Å². The smallest absolute Gasteiger partial charge is 0.233 e. The summed E-state index contributed by atoms with van der Waals surface area (Å²) in [5.41, 5.74) is 2.91. The number of hydrogen-bond acceptors (Lipinski definition) is 3. The van der Waals surface area contributed by atoms with Crippen molar-refractivity contribution in [3.05, 3.63) is 41.5 Å². The van der Waals surface area contributed by atoms with Crippen LogP contribution in [-0.2, 0) is 14.4 Å². The summed E-state index contributed by atoms with van der Waals surface area (Å²) in [6, 6.07) is 5.84. The fraction of sp³-hybridized carbons (Fsp3) is 0.476. The highest BCUT2D eigenvalue weighted by molar-refractivity contribution is 6.06. The van der Waals surface area contributed by atoms with Crippen LogP contribution in [0, 0.1) is 37.5 Å². The van der Waals surface area contributed by atoms with E-state index in [0.717, 1.165) is 29.7 Å². The number of fused-ring (bicyclic) bond motifs is 1. The summed E-state index contributed by atoms with van der Waals surface area (Å²) in [7, 11) is 0. The van der Waals surface area contributed by atoms with Gasteiger partial charge < -0.3 is 5.32 Å². The van der Waals surface area contributed by atoms with Gasteiger partial charge in [-0.3, -0.25) is 19.3 Å². The molecule has 5 rings (SSSR count). The quantitative estimate of drug-likeness (QED) is 0.669. The number of amides is 3. The predicted molar refractivity (Wildman–Crippen MR) is 98.2 cm³/mol. The lowest BCUT2D eigenvalue weighted by Gasteiger charge is -2.38. The minimum atomic E-state index is -0.200. The van der Waals surface area contributed by atoms with E-state index in [4.69, 9.17) is 0 Å². The Hall–Kier alpha value is -2.43. The van der Waals surface area contributed by atoms with Crippen LogP contribution in [0.3, 0.4) is 0 Å². The van der Waals surface area contributed by atoms with E-state index in [-0.39, 0.29) is 54.4 Å². The third-order valence-electron chi connectivity index (χ3n) is 6.07. The average Bonchev–Trinajstić information content (AvgIpc) is 2.90. The summed E-state index contributed by atoms with van der Waals surface area (Å²) in [6.45, 7) is 4.12. The summed E-state index contributed by atoms with van der Waals surface area (Å²) in [6.07, 6.45) is 6.32. The maximum atomic E-state index is 12.7. The first-order valence-electron chi connectivity index (χ1n) is 9.36. The summed E-state index contributed by atoms with van der Waals surface area (Å²) >= 11 is 0. The molecular weight excluding hydrogens is 328 g/mol. The monoisotopic (exact) mass is 352 g/mol. The Morgan fingerprint density at radius 2 is 1.69 bits per heavy atom. The molecule has 4 atom stereocenters. The maximum Gasteiger partial charge on any atom is 0.233 e. The Bertz CT molecular complexity index is 781. The van der Waals surface area contributed by atoms with E-state index in [1.54, 1.807) is 0 Å². The second kappa shape index (κ2) is 6.38. The molecule has 1 saturated carbocycles. The number of carbonyl (C=O) groups excluding carboxylic acids is 3. The second-order valence-corrected chi connectivity index (χ2v) is 7.79. The molecular formula is C21H24N2O3. The molecule has 3 amide bonds. The molecule has 1 N–H and O–H groups in total. The van der Waals surface area contributed by atoms with Gasteiger partial charge in [0.15, 0.2) is 0 Å². The van der Waals surface area contributed by atoms with Crippen LogP contribution >= 0.6 is 0 Å². The van der Waals surface area contributed by atoms with Crippen LogP contribution in [0.2, 0.25) is 0 Å². The highest BCUT2D eigenvalue weighted by Gasteiger charge is 2.56. The molecule has 0 radical (unpaired) electrons. The molecule has 4 aliphatic rings. The van der Waals surface area contributed by atoms with Gasteiger partial charge in [-0.25, -0.2) is 0 Å². The number of hydrogen-bond donors (Lipinski definition) is 1. The molecule has 1 aliphatic heterocycles. The SMILES string of the molecule is Cc1ccc(NC(=O)CCN2C(=O)[C@@H]3[C@@H](C2=O)[C@H]2C=C[C@H]3CC2)c(C)c1. The maximum absolute atomic E-state index is 12.7. The largest absolute Gasteiger partial charge is 0.326 e. The Balaban J connectivity index is 1.40. The number of allylic oxidation sites excluding steroid dienone is 2. The first kappa shape index (κ1) is 17.0. The number of aryl methyl sites for hydroxylation is 2. The molecule has 5 heteroatoms. The zero-order chi connectivity index (χ0) is 18.4. The first-order valence-corrected chi connectivity index (χ1v) is 9.36. The molecule has 0 spiro atoms. The van der Waals surface area contributed by atoms with E-state index >= 15 is 0 Å². The second-order valence-electron chi connectivity index (χ2n) is 7.79. The van der Waals surface area contributed by atoms with Gasteiger partial charge in [0.05, 0.1) is 11.8 Å². The molecule has 1 aromatic rings. The first-order chi connectivity index (χ1) is 12.5. The summed E-state index contributed by atoms with van der Waals surface area (Å²) in [5.74, 6) is -0.362. The lowest BCUT2D eigenvalue weighted by molar-refractivity contribution is -0.140. The third kappa shape index (κ3) is 2.75. The molecule has 1 aromatic carbocycles. The number of nitrogens with one attached hydrogen (secondary N) is 1. The number of nitrogens with zero attached hydrogens (tertiary/aromatic N) is 1. The fourth-order valence-corrected chi connectivity index (χ4v) is 4.74. The van der Waals surface area contributed by atoms with Crippen molar-refractivity contribution >= 4 is 23.4 Å². The van der Waals surface area contributed by atoms with Crippen molar-refractivity contribution in [3.63, 3.8) is 0 Å². The van der Waals surface area contributed by atoms with Gasteiger partial charge in [-0.05, 0) is 50.2 Å². The Labute approximate surface area is 153 Å². The predicted octanol–water partition coefficient (Wildman–Crippen LogP) is 2.83. The van der Waals surface area contributed by atoms with Crippen molar-refractivity contribution in [1.82, 2.24) is 4.90 Å². The molecule has 2 bridgehead atoms. The van der Waals surface area contributed by atoms with Crippen molar-refractivity contribution in [1.29, 1.82) is 0 Å². The molecule has 136 valence electrons. The highest BCUT2D eigenvalue weighted by atomic mass is 16.2. The summed E-state index contributed by atoms with van der Waals surface area (Å²) < 4.78 is 0. The van der Waals surface area contributed by atoms with Gasteiger partial charge >= 0.3 is 0 Å². The fourth-order valence-electron chi connectivity index (χ4n) is 4.74. The number of carbonyl (C=O) groups is 3. The van der Waals surface area contributed by atoms with Crippen LogP contribution < -0.4 is 5.32 Å². The zero-order valence-corrected chi connectivity index (χ0v) is 15.2. The lowest BCUT2D eigenvalue weighted by Crippen LogP contribution is -2.38. The number of imide groups is 1. The molecule has 0 aromatic heterocycles. The molecule has 2 fully saturated rings. The molecule has 0 unspecified atom stereocenters. The van der Waals surface area contributed by atoms with Crippen molar-refractivity contribution in [2.45, 2.75) is 33.1 Å². The molecule has 1 saturated heterocycles. The molecule has 5 nitrogen and oxygen atoms in total. The van der Waals surface area contributed by atoms with E-state index in [2.05, 4.69) is 17.5 Å². The Morgan fingerprint density at radius 3 is 2.23 bits per heavy atom. The van der Waals surface area contributed by atoms with Crippen molar-refractivity contribution < 1.29 is 14.4 Å². The molecule has 3 aliphatic carbocycles. The third-order valence-corrected chi connectivity index (χ3v) is 6.07. The Morgan fingerprint density at radius 1 is 1.08 bits per heavy atom. The minimum absolute atomic E-state index is 0.0848. The van der Waals surface area contributed by atoms with Gasteiger partial charge in [0.2, 0.25) is 17.7 Å². The number of anilines is 1. The van der Waals surface area contributed by atoms with Gasteiger partial charge in [-0.2, -0.15) is 0 Å². The normalized spacial score (nSPS) is 29.2. The van der Waals surface area contributed by atoms with Gasteiger partial charge in [-0.15, -0.1) is 0 Å². The van der Waals surface area contributed by atoms with Crippen molar-refractivity contribution in [3.8, 4) is 0 Å². The van der Waals surface area contributed by atoms with E-state index < -0.39 is 0 Å². The van der Waals surface area contributed by atoms with Crippen LogP contribution in [0.5, 0.6) is 0 Å². The van der Waals surface area contributed by atoms with Crippen LogP contribution in [0.25, 0.3) is 0 Å². The molecule has 26 heavy (non-hydrogen) atoms. The van der Waals surface area contributed by atoms with Gasteiger partial charge in [0, 0.05) is 18.7 Å². The lowest BCUT2D eigenvalue weighted by atomic mass is 9.63. The van der Waals surface area contributed by atoms with Crippen molar-refractivity contribution in [2.75, 3.05) is 11.9 Å².